The van der Waals surface area contributed by atoms with Crippen LogP contribution in [0.1, 0.15) is 18.4 Å². The fourth-order valence-electron chi connectivity index (χ4n) is 4.16. The van der Waals surface area contributed by atoms with E-state index in [0.717, 1.165) is 42.5 Å². The van der Waals surface area contributed by atoms with Crippen molar-refractivity contribution < 1.29 is 9.47 Å². The largest absolute Gasteiger partial charge is 0.493 e. The van der Waals surface area contributed by atoms with Gasteiger partial charge < -0.3 is 20.1 Å². The summed E-state index contributed by atoms with van der Waals surface area (Å²) in [6.45, 7) is 1.89. The number of nitrogens with zero attached hydrogens (tertiary/aromatic N) is 3. The van der Waals surface area contributed by atoms with Crippen molar-refractivity contribution in [2.24, 2.45) is 11.1 Å². The predicted octanol–water partition coefficient (Wildman–Crippen LogP) is 2.05. The molecule has 0 bridgehead atoms. The zero-order valence-electron chi connectivity index (χ0n) is 13.9. The molecule has 2 heterocycles. The molecule has 1 saturated heterocycles. The van der Waals surface area contributed by atoms with Crippen LogP contribution in [0.3, 0.4) is 0 Å². The minimum absolute atomic E-state index is 0.334. The summed E-state index contributed by atoms with van der Waals surface area (Å²) in [7, 11) is 3.21. The highest BCUT2D eigenvalue weighted by Gasteiger charge is 2.51. The summed E-state index contributed by atoms with van der Waals surface area (Å²) >= 11 is 0. The summed E-state index contributed by atoms with van der Waals surface area (Å²) in [4.78, 5) is 6.68. The molecule has 1 spiro atoms. The quantitative estimate of drug-likeness (QED) is 0.930. The molecule has 6 heteroatoms. The Bertz CT molecular complexity index is 844. The lowest BCUT2D eigenvalue weighted by Crippen LogP contribution is -2.65. The van der Waals surface area contributed by atoms with Crippen LogP contribution in [0.5, 0.6) is 11.5 Å². The Morgan fingerprint density at radius 2 is 1.92 bits per heavy atom. The number of nitrogens with two attached hydrogens (primary N) is 1. The Morgan fingerprint density at radius 1 is 1.25 bits per heavy atom. The lowest BCUT2D eigenvalue weighted by atomic mass is 9.61. The molecule has 0 amide bonds. The first-order chi connectivity index (χ1) is 11.6. The number of benzene rings is 1. The van der Waals surface area contributed by atoms with Gasteiger partial charge in [0.05, 0.1) is 31.0 Å². The zero-order chi connectivity index (χ0) is 16.9. The third kappa shape index (κ3) is 2.09. The molecule has 2 aromatic rings. The number of hydrogen-bond donors (Lipinski definition) is 1. The predicted molar refractivity (Wildman–Crippen MR) is 91.4 cm³/mol. The first kappa shape index (κ1) is 15.0. The first-order valence-corrected chi connectivity index (χ1v) is 8.04. The highest BCUT2D eigenvalue weighted by Crippen LogP contribution is 2.50. The number of aromatic nitrogens is 1. The van der Waals surface area contributed by atoms with Crippen LogP contribution in [-0.4, -0.2) is 38.3 Å². The van der Waals surface area contributed by atoms with Gasteiger partial charge in [-0.3, -0.25) is 4.98 Å². The molecule has 2 fully saturated rings. The van der Waals surface area contributed by atoms with Gasteiger partial charge >= 0.3 is 0 Å². The van der Waals surface area contributed by atoms with Crippen molar-refractivity contribution in [3.63, 3.8) is 0 Å². The Morgan fingerprint density at radius 3 is 2.50 bits per heavy atom. The average molecular weight is 324 g/mol. The standard InChI is InChI=1S/C18H20N4O2/c1-23-15-3-13-14(4-16(15)24-2)21-8-11(7-19)17(13)22-9-18(10-22)5-12(20)6-18/h3-4,8,12H,5-6,9-10,20H2,1-2H3. The van der Waals surface area contributed by atoms with Crippen LogP contribution in [0.25, 0.3) is 10.9 Å². The maximum Gasteiger partial charge on any atom is 0.162 e. The second-order valence-electron chi connectivity index (χ2n) is 6.88. The number of rotatable bonds is 3. The third-order valence-corrected chi connectivity index (χ3v) is 5.22. The van der Waals surface area contributed by atoms with Gasteiger partial charge in [-0.25, -0.2) is 0 Å². The normalized spacial score (nSPS) is 18.8. The van der Waals surface area contributed by atoms with Crippen LogP contribution in [0.15, 0.2) is 18.3 Å². The van der Waals surface area contributed by atoms with Gasteiger partial charge in [0.25, 0.3) is 0 Å². The van der Waals surface area contributed by atoms with Crippen molar-refractivity contribution in [2.45, 2.75) is 18.9 Å². The SMILES string of the molecule is COc1cc2ncc(C#N)c(N3CC4(CC(N)C4)C3)c2cc1OC. The van der Waals surface area contributed by atoms with Gasteiger partial charge in [0.1, 0.15) is 6.07 Å². The second-order valence-corrected chi connectivity index (χ2v) is 6.88. The van der Waals surface area contributed by atoms with Crippen molar-refractivity contribution in [3.05, 3.63) is 23.9 Å². The third-order valence-electron chi connectivity index (χ3n) is 5.22. The van der Waals surface area contributed by atoms with E-state index in [-0.39, 0.29) is 0 Å². The molecular weight excluding hydrogens is 304 g/mol. The molecule has 2 aliphatic rings. The Balaban J connectivity index is 1.79. The zero-order valence-corrected chi connectivity index (χ0v) is 13.9. The highest BCUT2D eigenvalue weighted by atomic mass is 16.5. The molecule has 1 aliphatic carbocycles. The van der Waals surface area contributed by atoms with Gasteiger partial charge in [-0.1, -0.05) is 0 Å². The van der Waals surface area contributed by atoms with E-state index in [0.29, 0.717) is 28.5 Å². The van der Waals surface area contributed by atoms with Crippen LogP contribution < -0.4 is 20.1 Å². The lowest BCUT2D eigenvalue weighted by molar-refractivity contribution is 0.0667. The molecule has 2 N–H and O–H groups in total. The molecule has 1 aromatic carbocycles. The van der Waals surface area contributed by atoms with Gasteiger partial charge in [-0.05, 0) is 18.9 Å². The van der Waals surface area contributed by atoms with Crippen LogP contribution in [0.4, 0.5) is 5.69 Å². The molecule has 0 unspecified atom stereocenters. The molecule has 1 saturated carbocycles. The molecule has 1 aromatic heterocycles. The molecule has 6 nitrogen and oxygen atoms in total. The summed E-state index contributed by atoms with van der Waals surface area (Å²) in [5.41, 5.74) is 8.63. The smallest absolute Gasteiger partial charge is 0.162 e. The highest BCUT2D eigenvalue weighted by molar-refractivity contribution is 5.97. The number of nitriles is 1. The van der Waals surface area contributed by atoms with Crippen molar-refractivity contribution in [2.75, 3.05) is 32.2 Å². The van der Waals surface area contributed by atoms with E-state index in [1.165, 1.54) is 0 Å². The van der Waals surface area contributed by atoms with E-state index >= 15 is 0 Å². The second kappa shape index (κ2) is 5.25. The Kier molecular flexibility index (Phi) is 3.29. The van der Waals surface area contributed by atoms with Crippen molar-refractivity contribution in [1.29, 1.82) is 5.26 Å². The molecule has 4 rings (SSSR count). The number of anilines is 1. The number of hydrogen-bond acceptors (Lipinski definition) is 6. The Labute approximate surface area is 140 Å². The van der Waals surface area contributed by atoms with Crippen LogP contribution in [0.2, 0.25) is 0 Å². The number of pyridine rings is 1. The fourth-order valence-corrected chi connectivity index (χ4v) is 4.16. The molecule has 0 radical (unpaired) electrons. The molecule has 24 heavy (non-hydrogen) atoms. The van der Waals surface area contributed by atoms with Crippen molar-refractivity contribution in [1.82, 2.24) is 4.98 Å². The van der Waals surface area contributed by atoms with Gasteiger partial charge in [-0.2, -0.15) is 5.26 Å². The average Bonchev–Trinajstić information content (AvgIpc) is 2.54. The first-order valence-electron chi connectivity index (χ1n) is 8.04. The van der Waals surface area contributed by atoms with E-state index in [4.69, 9.17) is 15.2 Å². The Hall–Kier alpha value is -2.52. The fraction of sp³-hybridized carbons (Fsp3) is 0.444. The molecule has 0 atom stereocenters. The van der Waals surface area contributed by atoms with Gasteiger partial charge in [-0.15, -0.1) is 0 Å². The minimum atomic E-state index is 0.334. The lowest BCUT2D eigenvalue weighted by Gasteiger charge is -2.59. The maximum atomic E-state index is 9.52. The molecule has 1 aliphatic heterocycles. The topological polar surface area (TPSA) is 84.4 Å². The summed E-state index contributed by atoms with van der Waals surface area (Å²) in [5, 5.41) is 10.4. The maximum absolute atomic E-state index is 9.52. The minimum Gasteiger partial charge on any atom is -0.493 e. The number of ether oxygens (including phenoxy) is 2. The summed E-state index contributed by atoms with van der Waals surface area (Å²) in [6.07, 6.45) is 3.79. The van der Waals surface area contributed by atoms with E-state index in [1.807, 2.05) is 12.1 Å². The van der Waals surface area contributed by atoms with Crippen LogP contribution in [-0.2, 0) is 0 Å². The van der Waals surface area contributed by atoms with E-state index in [2.05, 4.69) is 16.0 Å². The molecular formula is C18H20N4O2. The van der Waals surface area contributed by atoms with Crippen LogP contribution >= 0.6 is 0 Å². The monoisotopic (exact) mass is 324 g/mol. The van der Waals surface area contributed by atoms with Crippen molar-refractivity contribution >= 4 is 16.6 Å². The molecule has 124 valence electrons. The summed E-state index contributed by atoms with van der Waals surface area (Å²) < 4.78 is 10.8. The van der Waals surface area contributed by atoms with Crippen LogP contribution in [0, 0.1) is 16.7 Å². The van der Waals surface area contributed by atoms with Gasteiger partial charge in [0, 0.05) is 42.2 Å². The van der Waals surface area contributed by atoms with Crippen molar-refractivity contribution in [3.8, 4) is 17.6 Å². The van der Waals surface area contributed by atoms with Gasteiger partial charge in [0.2, 0.25) is 0 Å². The summed E-state index contributed by atoms with van der Waals surface area (Å²) in [5.74, 6) is 1.28. The van der Waals surface area contributed by atoms with Gasteiger partial charge in [0.15, 0.2) is 11.5 Å². The summed E-state index contributed by atoms with van der Waals surface area (Å²) in [6, 6.07) is 6.37. The number of methoxy groups -OCH3 is 2. The van der Waals surface area contributed by atoms with E-state index in [9.17, 15) is 5.26 Å². The number of fused-ring (bicyclic) bond motifs is 1. The van der Waals surface area contributed by atoms with E-state index in [1.54, 1.807) is 20.4 Å². The van der Waals surface area contributed by atoms with E-state index < -0.39 is 0 Å².